The number of hydrogen-bond acceptors (Lipinski definition) is 3. The summed E-state index contributed by atoms with van der Waals surface area (Å²) >= 11 is 5.84. The highest BCUT2D eigenvalue weighted by Crippen LogP contribution is 2.40. The highest BCUT2D eigenvalue weighted by molar-refractivity contribution is 6.30. The summed E-state index contributed by atoms with van der Waals surface area (Å²) in [4.78, 5) is 17.2. The van der Waals surface area contributed by atoms with E-state index >= 15 is 0 Å². The average molecular weight is 495 g/mol. The van der Waals surface area contributed by atoms with Crippen LogP contribution >= 0.6 is 11.6 Å². The van der Waals surface area contributed by atoms with Crippen molar-refractivity contribution in [3.63, 3.8) is 0 Å². The fraction of sp³-hybridized carbons (Fsp3) is 0.286. The number of pyridine rings is 1. The summed E-state index contributed by atoms with van der Waals surface area (Å²) in [6, 6.07) is 14.6. The molecule has 182 valence electrons. The Labute approximate surface area is 209 Å². The second-order valence-corrected chi connectivity index (χ2v) is 10.1. The van der Waals surface area contributed by atoms with Crippen LogP contribution in [0.2, 0.25) is 5.02 Å². The van der Waals surface area contributed by atoms with E-state index in [4.69, 9.17) is 21.3 Å². The van der Waals surface area contributed by atoms with Gasteiger partial charge in [-0.05, 0) is 63.9 Å². The van der Waals surface area contributed by atoms with Gasteiger partial charge in [-0.1, -0.05) is 47.5 Å². The number of carbonyl (C=O) groups is 1. The first kappa shape index (κ1) is 24.9. The Kier molecular flexibility index (Phi) is 6.71. The molecule has 0 radical (unpaired) electrons. The molecule has 0 bridgehead atoms. The van der Waals surface area contributed by atoms with E-state index in [0.29, 0.717) is 23.4 Å². The molecule has 0 aliphatic heterocycles. The van der Waals surface area contributed by atoms with Gasteiger partial charge in [-0.2, -0.15) is 0 Å². The van der Waals surface area contributed by atoms with Gasteiger partial charge in [-0.25, -0.2) is 14.2 Å². The molecule has 4 aromatic rings. The summed E-state index contributed by atoms with van der Waals surface area (Å²) in [7, 11) is 0. The molecule has 0 spiro atoms. The second kappa shape index (κ2) is 9.44. The van der Waals surface area contributed by atoms with Gasteiger partial charge in [0.15, 0.2) is 6.10 Å². The van der Waals surface area contributed by atoms with Gasteiger partial charge in [0.1, 0.15) is 11.5 Å². The van der Waals surface area contributed by atoms with Gasteiger partial charge < -0.3 is 14.4 Å². The molecular weight excluding hydrogens is 467 g/mol. The van der Waals surface area contributed by atoms with Gasteiger partial charge in [0.25, 0.3) is 0 Å². The molecule has 2 aromatic heterocycles. The molecular formula is C28H28ClFN2O3. The highest BCUT2D eigenvalue weighted by Gasteiger charge is 2.32. The number of carboxylic acid groups (broad SMARTS) is 1. The van der Waals surface area contributed by atoms with Crippen molar-refractivity contribution in [1.29, 1.82) is 0 Å². The fourth-order valence-electron chi connectivity index (χ4n) is 4.23. The molecule has 0 saturated carbocycles. The number of hydrogen-bond donors (Lipinski definition) is 1. The number of nitrogens with zero attached hydrogens (tertiary/aromatic N) is 2. The fourth-order valence-corrected chi connectivity index (χ4v) is 4.35. The Morgan fingerprint density at radius 2 is 1.83 bits per heavy atom. The van der Waals surface area contributed by atoms with Gasteiger partial charge in [-0.15, -0.1) is 0 Å². The van der Waals surface area contributed by atoms with E-state index in [1.54, 1.807) is 13.0 Å². The predicted octanol–water partition coefficient (Wildman–Crippen LogP) is 7.10. The van der Waals surface area contributed by atoms with Crippen molar-refractivity contribution < 1.29 is 19.0 Å². The highest BCUT2D eigenvalue weighted by atomic mass is 35.5. The van der Waals surface area contributed by atoms with Crippen LogP contribution in [0.25, 0.3) is 22.2 Å². The number of benzene rings is 2. The van der Waals surface area contributed by atoms with Crippen LogP contribution in [0.3, 0.4) is 0 Å². The second-order valence-electron chi connectivity index (χ2n) is 9.73. The number of ether oxygens (including phenoxy) is 1. The Bertz CT molecular complexity index is 1400. The molecule has 0 aliphatic rings. The van der Waals surface area contributed by atoms with E-state index in [9.17, 15) is 14.3 Å². The maximum Gasteiger partial charge on any atom is 0.337 e. The number of fused-ring (bicyclic) bond motifs is 1. The van der Waals surface area contributed by atoms with E-state index < -0.39 is 23.5 Å². The van der Waals surface area contributed by atoms with Crippen LogP contribution in [0.5, 0.6) is 0 Å². The van der Waals surface area contributed by atoms with E-state index in [-0.39, 0.29) is 5.02 Å². The van der Waals surface area contributed by atoms with Crippen LogP contribution in [0, 0.1) is 19.7 Å². The Balaban J connectivity index is 1.95. The predicted molar refractivity (Wildman–Crippen MR) is 136 cm³/mol. The molecule has 0 fully saturated rings. The number of aliphatic carboxylic acids is 1. The first-order valence-electron chi connectivity index (χ1n) is 11.4. The summed E-state index contributed by atoms with van der Waals surface area (Å²) in [6.07, 6.45) is 0.683. The lowest BCUT2D eigenvalue weighted by Gasteiger charge is -2.28. The summed E-state index contributed by atoms with van der Waals surface area (Å²) in [5.41, 5.74) is 4.57. The Morgan fingerprint density at radius 1 is 1.14 bits per heavy atom. The zero-order valence-corrected chi connectivity index (χ0v) is 21.2. The monoisotopic (exact) mass is 494 g/mol. The van der Waals surface area contributed by atoms with Crippen molar-refractivity contribution in [3.8, 4) is 11.1 Å². The molecule has 0 saturated heterocycles. The van der Waals surface area contributed by atoms with E-state index in [1.807, 2.05) is 68.8 Å². The zero-order valence-electron chi connectivity index (χ0n) is 20.4. The van der Waals surface area contributed by atoms with Crippen molar-refractivity contribution in [2.45, 2.75) is 52.9 Å². The number of aromatic nitrogens is 2. The maximum absolute atomic E-state index is 14.0. The molecule has 7 heteroatoms. The maximum atomic E-state index is 14.0. The van der Waals surface area contributed by atoms with Crippen LogP contribution in [0.4, 0.5) is 4.39 Å². The molecule has 1 atom stereocenters. The molecule has 0 amide bonds. The van der Waals surface area contributed by atoms with Gasteiger partial charge in [-0.3, -0.25) is 0 Å². The number of aryl methyl sites for hydroxylation is 2. The summed E-state index contributed by atoms with van der Waals surface area (Å²) in [5.74, 6) is -1.55. The minimum Gasteiger partial charge on any atom is -0.479 e. The molecule has 0 aliphatic carbocycles. The first-order chi connectivity index (χ1) is 16.4. The van der Waals surface area contributed by atoms with Gasteiger partial charge in [0.05, 0.1) is 10.6 Å². The van der Waals surface area contributed by atoms with Crippen molar-refractivity contribution in [2.75, 3.05) is 0 Å². The van der Waals surface area contributed by atoms with Gasteiger partial charge in [0, 0.05) is 34.9 Å². The van der Waals surface area contributed by atoms with Crippen molar-refractivity contribution in [1.82, 2.24) is 9.55 Å². The van der Waals surface area contributed by atoms with E-state index in [0.717, 1.165) is 27.6 Å². The topological polar surface area (TPSA) is 64.3 Å². The third kappa shape index (κ3) is 5.24. The molecule has 35 heavy (non-hydrogen) atoms. The largest absolute Gasteiger partial charge is 0.479 e. The van der Waals surface area contributed by atoms with Crippen LogP contribution in [0.15, 0.2) is 54.7 Å². The minimum atomic E-state index is -1.20. The molecule has 5 nitrogen and oxygen atoms in total. The number of rotatable bonds is 6. The van der Waals surface area contributed by atoms with Crippen LogP contribution in [-0.2, 0) is 16.1 Å². The van der Waals surface area contributed by atoms with Crippen LogP contribution in [-0.4, -0.2) is 26.2 Å². The molecule has 1 unspecified atom stereocenters. The third-order valence-electron chi connectivity index (χ3n) is 5.77. The standard InChI is InChI=1S/C28H28ClFN2O3/c1-16-6-9-19(10-7-16)24-20-12-13-32(15-18-8-11-21(29)22(30)14-18)26(20)31-17(2)23(24)25(27(33)34)35-28(3,4)5/h6-14,25H,15H2,1-5H3,(H,33,34). The zero-order chi connectivity index (χ0) is 25.5. The molecule has 2 aromatic carbocycles. The number of halogens is 2. The lowest BCUT2D eigenvalue weighted by atomic mass is 9.92. The molecule has 2 heterocycles. The average Bonchev–Trinajstić information content (AvgIpc) is 3.16. The minimum absolute atomic E-state index is 0.0740. The summed E-state index contributed by atoms with van der Waals surface area (Å²) < 4.78 is 22.0. The lowest BCUT2D eigenvalue weighted by Crippen LogP contribution is -2.28. The lowest BCUT2D eigenvalue weighted by molar-refractivity contribution is -0.160. The number of carboxylic acids is 1. The smallest absolute Gasteiger partial charge is 0.337 e. The van der Waals surface area contributed by atoms with E-state index in [1.165, 1.54) is 12.1 Å². The van der Waals surface area contributed by atoms with Crippen molar-refractivity contribution >= 4 is 28.6 Å². The third-order valence-corrected chi connectivity index (χ3v) is 6.08. The summed E-state index contributed by atoms with van der Waals surface area (Å²) in [5, 5.41) is 11.0. The SMILES string of the molecule is Cc1ccc(-c2c(C(OC(C)(C)C)C(=O)O)c(C)nc3c2ccn3Cc2ccc(Cl)c(F)c2)cc1. The van der Waals surface area contributed by atoms with Crippen LogP contribution in [0.1, 0.15) is 49.3 Å². The van der Waals surface area contributed by atoms with Gasteiger partial charge in [0.2, 0.25) is 0 Å². The van der Waals surface area contributed by atoms with Crippen molar-refractivity contribution in [3.05, 3.63) is 88.0 Å². The Hall–Kier alpha value is -3.22. The quantitative estimate of drug-likeness (QED) is 0.310. The van der Waals surface area contributed by atoms with Crippen LogP contribution < -0.4 is 0 Å². The molecule has 4 rings (SSSR count). The van der Waals surface area contributed by atoms with E-state index in [2.05, 4.69) is 0 Å². The first-order valence-corrected chi connectivity index (χ1v) is 11.7. The molecule has 1 N–H and O–H groups in total. The van der Waals surface area contributed by atoms with Crippen molar-refractivity contribution in [2.24, 2.45) is 0 Å². The normalized spacial score (nSPS) is 12.8. The summed E-state index contributed by atoms with van der Waals surface area (Å²) in [6.45, 7) is 9.68. The Morgan fingerprint density at radius 3 is 2.43 bits per heavy atom. The van der Waals surface area contributed by atoms with Gasteiger partial charge >= 0.3 is 5.97 Å².